The molecule has 1 aromatic rings. The number of aromatic nitrogens is 2. The lowest BCUT2D eigenvalue weighted by atomic mass is 9.88. The number of halogens is 1. The van der Waals surface area contributed by atoms with Crippen LogP contribution in [0.4, 0.5) is 14.0 Å². The van der Waals surface area contributed by atoms with Gasteiger partial charge in [0.2, 0.25) is 13.6 Å². The smallest absolute Gasteiger partial charge is 0.432 e. The number of carbonyl (C=O) groups is 2. The number of methoxy groups -OCH3 is 2. The van der Waals surface area contributed by atoms with Crippen molar-refractivity contribution in [2.24, 2.45) is 0 Å². The molecule has 0 aromatic carbocycles. The van der Waals surface area contributed by atoms with Crippen LogP contribution >= 0.6 is 7.82 Å². The minimum absolute atomic E-state index is 0.000346. The molecule has 2 heterocycles. The van der Waals surface area contributed by atoms with E-state index in [4.69, 9.17) is 46.7 Å². The quantitative estimate of drug-likeness (QED) is 0.0561. The molecule has 276 valence electrons. The van der Waals surface area contributed by atoms with Gasteiger partial charge in [-0.1, -0.05) is 0 Å². The summed E-state index contributed by atoms with van der Waals surface area (Å²) in [6.07, 6.45) is -5.58. The van der Waals surface area contributed by atoms with Crippen LogP contribution < -0.4 is 11.2 Å². The Morgan fingerprint density at radius 1 is 0.917 bits per heavy atom. The van der Waals surface area contributed by atoms with Gasteiger partial charge < -0.3 is 52.8 Å². The monoisotopic (exact) mass is 722 g/mol. The van der Waals surface area contributed by atoms with Crippen LogP contribution in [0.25, 0.3) is 0 Å². The van der Waals surface area contributed by atoms with Gasteiger partial charge in [0.25, 0.3) is 5.56 Å². The summed E-state index contributed by atoms with van der Waals surface area (Å²) < 4.78 is 87.7. The largest absolute Gasteiger partial charge is 0.510 e. The van der Waals surface area contributed by atoms with Gasteiger partial charge >= 0.3 is 25.8 Å². The number of alkyl halides is 1. The first kappa shape index (κ1) is 41.2. The van der Waals surface area contributed by atoms with E-state index in [-0.39, 0.29) is 39.6 Å². The molecule has 1 aromatic heterocycles. The second-order valence-corrected chi connectivity index (χ2v) is 11.4. The van der Waals surface area contributed by atoms with E-state index in [9.17, 15) is 38.3 Å². The normalized spacial score (nSPS) is 22.4. The minimum Gasteiger partial charge on any atom is -0.432 e. The zero-order chi connectivity index (χ0) is 35.6. The Balaban J connectivity index is 2.07. The van der Waals surface area contributed by atoms with Crippen molar-refractivity contribution in [1.82, 2.24) is 9.55 Å². The summed E-state index contributed by atoms with van der Waals surface area (Å²) in [5, 5.41) is 21.9. The summed E-state index contributed by atoms with van der Waals surface area (Å²) in [7, 11) is -2.06. The number of aromatic amines is 1. The van der Waals surface area contributed by atoms with Crippen molar-refractivity contribution < 1.29 is 85.0 Å². The highest BCUT2D eigenvalue weighted by molar-refractivity contribution is 7.48. The highest BCUT2D eigenvalue weighted by Crippen LogP contribution is 2.52. The number of aliphatic hydroxyl groups is 2. The van der Waals surface area contributed by atoms with Crippen molar-refractivity contribution in [3.05, 3.63) is 33.1 Å². The number of aliphatic hydroxyl groups excluding tert-OH is 1. The Bertz CT molecular complexity index is 1260. The molecule has 23 heteroatoms. The third-order valence-corrected chi connectivity index (χ3v) is 7.52. The molecule has 1 aliphatic heterocycles. The van der Waals surface area contributed by atoms with Crippen molar-refractivity contribution in [2.75, 3.05) is 93.9 Å². The first-order chi connectivity index (χ1) is 22.8. The topological polar surface area (TPSA) is 257 Å². The molecule has 3 N–H and O–H groups in total. The molecule has 1 fully saturated rings. The van der Waals surface area contributed by atoms with Crippen molar-refractivity contribution >= 4 is 20.1 Å². The lowest BCUT2D eigenvalue weighted by Crippen LogP contribution is -2.53. The number of nitrogens with one attached hydrogen (secondary N) is 1. The van der Waals surface area contributed by atoms with E-state index in [1.165, 1.54) is 14.2 Å². The number of hydrogen-bond acceptors (Lipinski definition) is 19. The summed E-state index contributed by atoms with van der Waals surface area (Å²) in [6.45, 7) is -3.39. The van der Waals surface area contributed by atoms with E-state index >= 15 is 0 Å². The van der Waals surface area contributed by atoms with Crippen molar-refractivity contribution in [1.29, 1.82) is 0 Å². The second kappa shape index (κ2) is 20.5. The Morgan fingerprint density at radius 2 is 1.44 bits per heavy atom. The Hall–Kier alpha value is -3.02. The molecule has 4 unspecified atom stereocenters. The van der Waals surface area contributed by atoms with Gasteiger partial charge in [-0.15, -0.1) is 0 Å². The fourth-order valence-corrected chi connectivity index (χ4v) is 4.76. The molecule has 0 amide bonds. The summed E-state index contributed by atoms with van der Waals surface area (Å²) >= 11 is 0. The van der Waals surface area contributed by atoms with Gasteiger partial charge in [-0.05, 0) is 6.92 Å². The fraction of sp³-hybridized carbons (Fsp3) is 0.760. The van der Waals surface area contributed by atoms with E-state index < -0.39 is 81.8 Å². The summed E-state index contributed by atoms with van der Waals surface area (Å²) in [6, 6.07) is 0.911. The molecule has 0 bridgehead atoms. The van der Waals surface area contributed by atoms with Crippen molar-refractivity contribution in [3.8, 4) is 0 Å². The second-order valence-electron chi connectivity index (χ2n) is 9.72. The summed E-state index contributed by atoms with van der Waals surface area (Å²) in [4.78, 5) is 49.4. The zero-order valence-electron chi connectivity index (χ0n) is 26.4. The lowest BCUT2D eigenvalue weighted by Gasteiger charge is -2.31. The summed E-state index contributed by atoms with van der Waals surface area (Å²) in [5.74, 6) is 0. The first-order valence-corrected chi connectivity index (χ1v) is 15.5. The molecule has 2 rings (SSSR count). The maximum Gasteiger partial charge on any atom is 0.510 e. The molecule has 1 aliphatic rings. The maximum absolute atomic E-state index is 14.5. The predicted octanol–water partition coefficient (Wildman–Crippen LogP) is -0.409. The van der Waals surface area contributed by atoms with E-state index in [1.54, 1.807) is 0 Å². The number of phosphoric acid groups is 1. The highest BCUT2D eigenvalue weighted by Gasteiger charge is 2.63. The zero-order valence-corrected chi connectivity index (χ0v) is 27.3. The van der Waals surface area contributed by atoms with Crippen LogP contribution in [0.2, 0.25) is 0 Å². The van der Waals surface area contributed by atoms with Crippen LogP contribution in [0.15, 0.2) is 21.9 Å². The molecule has 0 saturated carbocycles. The number of rotatable bonds is 23. The molecular weight excluding hydrogens is 682 g/mol. The average molecular weight is 723 g/mol. The molecule has 0 spiro atoms. The Labute approximate surface area is 272 Å². The lowest BCUT2D eigenvalue weighted by molar-refractivity contribution is -0.141. The van der Waals surface area contributed by atoms with Crippen LogP contribution in [-0.4, -0.2) is 143 Å². The van der Waals surface area contributed by atoms with E-state index in [0.29, 0.717) is 17.8 Å². The Morgan fingerprint density at radius 3 is 1.92 bits per heavy atom. The Kier molecular flexibility index (Phi) is 17.6. The molecule has 0 radical (unpaired) electrons. The summed E-state index contributed by atoms with van der Waals surface area (Å²) in [5.41, 5.74) is -6.75. The number of ether oxygens (including phenoxy) is 9. The highest BCUT2D eigenvalue weighted by atomic mass is 31.2. The minimum atomic E-state index is -5.00. The fourth-order valence-electron chi connectivity index (χ4n) is 3.80. The number of hydrogen-bond donors (Lipinski definition) is 3. The van der Waals surface area contributed by atoms with Crippen molar-refractivity contribution in [2.45, 2.75) is 30.5 Å². The SMILES string of the molecule is COCCOCCOC(=O)OCOP(=O)(OCOC(=O)OCCOCCOC)OCC1(CF)OC(n2ccc(=O)[nH]c2=O)C(C)(O)C1O. The number of nitrogens with zero attached hydrogens (tertiary/aromatic N) is 1. The van der Waals surface area contributed by atoms with Gasteiger partial charge in [-0.25, -0.2) is 32.4 Å². The molecular formula is C25H40FN2O19P. The number of phosphoric ester groups is 1. The number of H-pyrrole nitrogens is 1. The third kappa shape index (κ3) is 12.8. The average Bonchev–Trinajstić information content (AvgIpc) is 3.24. The van der Waals surface area contributed by atoms with E-state index in [2.05, 4.69) is 9.47 Å². The standard InChI is InChI=1S/C25H40FN2O19P/c1-24(34)19(30)25(14-26,47-20(24)28-5-4-18(29)27-21(28)31)15-44-48(35,45-16-42-22(32)40-12-10-38-8-6-36-2)46-17-43-23(33)41-13-11-39-9-7-37-3/h4-5,19-20,30,34H,6-17H2,1-3H3,(H,27,29,31). The van der Waals surface area contributed by atoms with E-state index in [0.717, 1.165) is 19.2 Å². The van der Waals surface area contributed by atoms with Crippen LogP contribution in [0.5, 0.6) is 0 Å². The molecule has 48 heavy (non-hydrogen) atoms. The van der Waals surface area contributed by atoms with Gasteiger partial charge in [-0.2, -0.15) is 0 Å². The van der Waals surface area contributed by atoms with Gasteiger partial charge in [0, 0.05) is 26.5 Å². The molecule has 1 saturated heterocycles. The van der Waals surface area contributed by atoms with E-state index in [1.807, 2.05) is 4.98 Å². The van der Waals surface area contributed by atoms with Gasteiger partial charge in [0.1, 0.15) is 31.6 Å². The van der Waals surface area contributed by atoms with Crippen LogP contribution in [0.3, 0.4) is 0 Å². The first-order valence-electron chi connectivity index (χ1n) is 14.1. The van der Waals surface area contributed by atoms with Gasteiger partial charge in [0.05, 0.1) is 46.2 Å². The van der Waals surface area contributed by atoms with Crippen LogP contribution in [0, 0.1) is 0 Å². The molecule has 0 aliphatic carbocycles. The van der Waals surface area contributed by atoms with Crippen LogP contribution in [0.1, 0.15) is 13.2 Å². The van der Waals surface area contributed by atoms with Gasteiger partial charge in [0.15, 0.2) is 11.8 Å². The molecule has 21 nitrogen and oxygen atoms in total. The third-order valence-electron chi connectivity index (χ3n) is 6.23. The van der Waals surface area contributed by atoms with Crippen LogP contribution in [-0.2, 0) is 60.8 Å². The predicted molar refractivity (Wildman–Crippen MR) is 152 cm³/mol. The number of carbonyl (C=O) groups excluding carboxylic acids is 2. The maximum atomic E-state index is 14.5. The molecule has 4 atom stereocenters. The van der Waals surface area contributed by atoms with Gasteiger partial charge in [-0.3, -0.25) is 18.9 Å². The van der Waals surface area contributed by atoms with Crippen molar-refractivity contribution in [3.63, 3.8) is 0 Å².